The van der Waals surface area contributed by atoms with E-state index in [0.717, 1.165) is 25.8 Å². The summed E-state index contributed by atoms with van der Waals surface area (Å²) in [5, 5.41) is 12.5. The molecule has 0 radical (unpaired) electrons. The van der Waals surface area contributed by atoms with Gasteiger partial charge in [0.25, 0.3) is 0 Å². The number of anilines is 1. The van der Waals surface area contributed by atoms with E-state index in [4.69, 9.17) is 19.2 Å². The quantitative estimate of drug-likeness (QED) is 0.248. The number of hydrogen-bond acceptors (Lipinski definition) is 9. The van der Waals surface area contributed by atoms with Gasteiger partial charge in [-0.05, 0) is 87.2 Å². The molecule has 0 saturated carbocycles. The molecule has 0 amide bonds. The van der Waals surface area contributed by atoms with E-state index in [9.17, 15) is 5.11 Å². The van der Waals surface area contributed by atoms with Crippen LogP contribution in [0.25, 0.3) is 32.9 Å². The summed E-state index contributed by atoms with van der Waals surface area (Å²) >= 11 is 0. The number of aliphatic hydroxyl groups is 1. The number of likely N-dealkylation sites (N-methyl/N-ethyl adjacent to an activating group) is 1. The molecular weight excluding hydrogens is 568 g/mol. The summed E-state index contributed by atoms with van der Waals surface area (Å²) in [5.74, 6) is -0.144. The van der Waals surface area contributed by atoms with Crippen LogP contribution in [0.4, 0.5) is 14.6 Å². The Hall–Kier alpha value is -3.67. The highest BCUT2D eigenvalue weighted by Gasteiger charge is 2.32. The molecule has 2 atom stereocenters. The summed E-state index contributed by atoms with van der Waals surface area (Å²) in [6.45, 7) is 5.98. The maximum atomic E-state index is 16.8. The topological polar surface area (TPSA) is 93.1 Å². The number of β-amino-alcohol motifs (C(OH)–C–C–N with tert-alkyl or cyclic N) is 1. The zero-order valence-electron chi connectivity index (χ0n) is 25.7. The Bertz CT molecular complexity index is 1680. The third kappa shape index (κ3) is 5.88. The van der Waals surface area contributed by atoms with Crippen molar-refractivity contribution in [2.75, 3.05) is 52.1 Å². The number of pyridine rings is 1. The fraction of sp³-hybridized carbons (Fsp3) is 0.485. The smallest absolute Gasteiger partial charge is 0.319 e. The minimum Gasteiger partial charge on any atom is -0.468 e. The van der Waals surface area contributed by atoms with Crippen molar-refractivity contribution in [1.82, 2.24) is 19.9 Å². The van der Waals surface area contributed by atoms with Crippen molar-refractivity contribution in [3.05, 3.63) is 47.7 Å². The van der Waals surface area contributed by atoms with Crippen LogP contribution in [0.15, 0.2) is 30.5 Å². The maximum absolute atomic E-state index is 16.8. The van der Waals surface area contributed by atoms with Crippen LogP contribution in [0.1, 0.15) is 45.1 Å². The van der Waals surface area contributed by atoms with E-state index in [1.807, 2.05) is 11.8 Å². The van der Waals surface area contributed by atoms with Gasteiger partial charge in [-0.1, -0.05) is 13.0 Å². The van der Waals surface area contributed by atoms with Gasteiger partial charge in [0.05, 0.1) is 11.0 Å². The Morgan fingerprint density at radius 1 is 1.11 bits per heavy atom. The summed E-state index contributed by atoms with van der Waals surface area (Å²) in [6.07, 6.45) is 5.45. The van der Waals surface area contributed by atoms with Gasteiger partial charge in [0.15, 0.2) is 12.6 Å². The van der Waals surface area contributed by atoms with E-state index < -0.39 is 11.4 Å². The molecule has 44 heavy (non-hydrogen) atoms. The van der Waals surface area contributed by atoms with Crippen molar-refractivity contribution >= 4 is 27.5 Å². The number of likely N-dealkylation sites (tertiary alicyclic amines) is 1. The van der Waals surface area contributed by atoms with Gasteiger partial charge in [-0.2, -0.15) is 9.97 Å². The highest BCUT2D eigenvalue weighted by Crippen LogP contribution is 2.40. The Kier molecular flexibility index (Phi) is 8.54. The molecule has 234 valence electrons. The van der Waals surface area contributed by atoms with E-state index >= 15 is 8.78 Å². The lowest BCUT2D eigenvalue weighted by molar-refractivity contribution is 0.0447. The highest BCUT2D eigenvalue weighted by atomic mass is 19.1. The Morgan fingerprint density at radius 3 is 2.68 bits per heavy atom. The van der Waals surface area contributed by atoms with Crippen LogP contribution in [0.2, 0.25) is 0 Å². The van der Waals surface area contributed by atoms with Gasteiger partial charge < -0.3 is 29.1 Å². The molecule has 1 N–H and O–H groups in total. The molecule has 0 aliphatic carbocycles. The molecule has 2 aromatic carbocycles. The molecule has 9 nitrogen and oxygen atoms in total. The third-order valence-electron chi connectivity index (χ3n) is 8.79. The van der Waals surface area contributed by atoms with Crippen LogP contribution in [0.3, 0.4) is 0 Å². The molecule has 6 rings (SSSR count). The molecule has 0 spiro atoms. The lowest BCUT2D eigenvalue weighted by atomic mass is 9.94. The van der Waals surface area contributed by atoms with Crippen molar-refractivity contribution in [2.45, 2.75) is 57.6 Å². The summed E-state index contributed by atoms with van der Waals surface area (Å²) in [4.78, 5) is 18.1. The fourth-order valence-electron chi connectivity index (χ4n) is 6.51. The number of nitrogens with zero attached hydrogens (tertiary/aromatic N) is 5. The van der Waals surface area contributed by atoms with Crippen LogP contribution < -0.4 is 14.4 Å². The Balaban J connectivity index is 1.53. The van der Waals surface area contributed by atoms with Gasteiger partial charge >= 0.3 is 6.01 Å². The van der Waals surface area contributed by atoms with Gasteiger partial charge in [0.1, 0.15) is 35.2 Å². The number of ether oxygens (including phenoxy) is 3. The lowest BCUT2D eigenvalue weighted by Gasteiger charge is -2.37. The molecule has 2 saturated heterocycles. The van der Waals surface area contributed by atoms with Crippen molar-refractivity contribution in [2.24, 2.45) is 0 Å². The second kappa shape index (κ2) is 12.4. The minimum absolute atomic E-state index is 0.00646. The second-order valence-electron chi connectivity index (χ2n) is 12.1. The molecule has 0 unspecified atom stereocenters. The molecule has 4 aromatic rings. The predicted molar refractivity (Wildman–Crippen MR) is 165 cm³/mol. The predicted octanol–water partition coefficient (Wildman–Crippen LogP) is 5.49. The largest absolute Gasteiger partial charge is 0.468 e. The average molecular weight is 608 g/mol. The number of fused-ring (bicyclic) bond motifs is 2. The average Bonchev–Trinajstić information content (AvgIpc) is 3.42. The molecule has 2 aromatic heterocycles. The normalized spacial score (nSPS) is 21.0. The Morgan fingerprint density at radius 2 is 1.95 bits per heavy atom. The standard InChI is InChI=1S/C33H39F2N5O4/c1-5-23-26(34)10-9-20-14-22(44-19-42-4)15-24(27(20)23)29-28(35)30-25(16-36-29)31(40-13-7-11-33(2,41)18-40)38-32(37-30)43-17-21-8-6-12-39(21)3/h9-10,14-16,21,41H,5-8,11-13,17-19H2,1-4H3/t21-,33+/m0/s1. The van der Waals surface area contributed by atoms with E-state index in [0.29, 0.717) is 71.4 Å². The van der Waals surface area contributed by atoms with Crippen molar-refractivity contribution < 1.29 is 28.1 Å². The Labute approximate surface area is 255 Å². The molecular formula is C33H39F2N5O4. The monoisotopic (exact) mass is 607 g/mol. The molecule has 4 heterocycles. The summed E-state index contributed by atoms with van der Waals surface area (Å²) < 4.78 is 48.8. The minimum atomic E-state index is -0.919. The second-order valence-corrected chi connectivity index (χ2v) is 12.1. The molecule has 2 aliphatic heterocycles. The highest BCUT2D eigenvalue weighted by molar-refractivity contribution is 6.01. The third-order valence-corrected chi connectivity index (χ3v) is 8.79. The van der Waals surface area contributed by atoms with E-state index in [1.165, 1.54) is 13.2 Å². The van der Waals surface area contributed by atoms with Crippen molar-refractivity contribution in [3.63, 3.8) is 0 Å². The number of methoxy groups -OCH3 is 1. The summed E-state index contributed by atoms with van der Waals surface area (Å²) in [5.41, 5.74) is -0.00793. The fourth-order valence-corrected chi connectivity index (χ4v) is 6.51. The summed E-state index contributed by atoms with van der Waals surface area (Å²) in [6, 6.07) is 6.79. The van der Waals surface area contributed by atoms with E-state index in [2.05, 4.69) is 21.9 Å². The number of piperidine rings is 1. The molecule has 0 bridgehead atoms. The van der Waals surface area contributed by atoms with Crippen molar-refractivity contribution in [3.8, 4) is 23.0 Å². The first-order valence-electron chi connectivity index (χ1n) is 15.2. The SMILES string of the molecule is CCc1c(F)ccc2cc(OCOC)cc(-c3ncc4c(N5CCC[C@@](C)(O)C5)nc(OC[C@@H]5CCCN5C)nc4c3F)c12. The van der Waals surface area contributed by atoms with Crippen LogP contribution >= 0.6 is 0 Å². The van der Waals surface area contributed by atoms with Gasteiger partial charge in [-0.15, -0.1) is 0 Å². The van der Waals surface area contributed by atoms with Gasteiger partial charge in [-0.3, -0.25) is 4.98 Å². The number of benzene rings is 2. The molecule has 11 heteroatoms. The van der Waals surface area contributed by atoms with Crippen LogP contribution in [-0.2, 0) is 11.2 Å². The number of hydrogen-bond donors (Lipinski definition) is 1. The summed E-state index contributed by atoms with van der Waals surface area (Å²) in [7, 11) is 3.57. The molecule has 2 fully saturated rings. The van der Waals surface area contributed by atoms with Crippen LogP contribution in [0, 0.1) is 11.6 Å². The zero-order valence-corrected chi connectivity index (χ0v) is 25.7. The van der Waals surface area contributed by atoms with Crippen LogP contribution in [-0.4, -0.2) is 83.8 Å². The maximum Gasteiger partial charge on any atom is 0.319 e. The van der Waals surface area contributed by atoms with Gasteiger partial charge in [0.2, 0.25) is 0 Å². The number of halogens is 2. The van der Waals surface area contributed by atoms with E-state index in [1.54, 1.807) is 31.3 Å². The lowest BCUT2D eigenvalue weighted by Crippen LogP contribution is -2.46. The molecule has 2 aliphatic rings. The first-order chi connectivity index (χ1) is 21.2. The van der Waals surface area contributed by atoms with Gasteiger partial charge in [-0.25, -0.2) is 8.78 Å². The van der Waals surface area contributed by atoms with Crippen LogP contribution in [0.5, 0.6) is 11.8 Å². The number of aromatic nitrogens is 3. The van der Waals surface area contributed by atoms with E-state index in [-0.39, 0.29) is 35.9 Å². The van der Waals surface area contributed by atoms with Crippen molar-refractivity contribution in [1.29, 1.82) is 0 Å². The van der Waals surface area contributed by atoms with Gasteiger partial charge in [0, 0.05) is 38.0 Å². The first-order valence-corrected chi connectivity index (χ1v) is 15.2. The number of rotatable bonds is 9. The zero-order chi connectivity index (χ0) is 31.0. The first kappa shape index (κ1) is 30.4. The number of aryl methyl sites for hydroxylation is 1.